The van der Waals surface area contributed by atoms with E-state index in [2.05, 4.69) is 12.2 Å². The molecule has 2 heteroatoms. The van der Waals surface area contributed by atoms with Gasteiger partial charge in [-0.05, 0) is 43.0 Å². The number of nitrogens with one attached hydrogen (secondary N) is 1. The molecule has 0 radical (unpaired) electrons. The number of benzene rings is 1. The first-order valence-corrected chi connectivity index (χ1v) is 5.08. The maximum absolute atomic E-state index is 12.7. The molecule has 1 atom stereocenters. The smallest absolute Gasteiger partial charge is 0.123 e. The van der Waals surface area contributed by atoms with Crippen molar-refractivity contribution in [1.82, 2.24) is 5.32 Å². The SMILES string of the molecule is CNC(c1ccc(F)cc1)C1(C)CC1. The molecular weight excluding hydrogens is 177 g/mol. The molecule has 1 N–H and O–H groups in total. The summed E-state index contributed by atoms with van der Waals surface area (Å²) in [5.41, 5.74) is 1.57. The number of hydrogen-bond donors (Lipinski definition) is 1. The van der Waals surface area contributed by atoms with Crippen LogP contribution in [0.3, 0.4) is 0 Å². The Kier molecular flexibility index (Phi) is 2.31. The lowest BCUT2D eigenvalue weighted by Gasteiger charge is -2.23. The van der Waals surface area contributed by atoms with Gasteiger partial charge in [-0.1, -0.05) is 19.1 Å². The standard InChI is InChI=1S/C12H16FN/c1-12(7-8-12)11(14-2)9-3-5-10(13)6-4-9/h3-6,11,14H,7-8H2,1-2H3. The Hall–Kier alpha value is -0.890. The van der Waals surface area contributed by atoms with Crippen LogP contribution in [0.1, 0.15) is 31.4 Å². The van der Waals surface area contributed by atoms with Crippen LogP contribution in [0.5, 0.6) is 0 Å². The van der Waals surface area contributed by atoms with Gasteiger partial charge in [-0.2, -0.15) is 0 Å². The van der Waals surface area contributed by atoms with E-state index < -0.39 is 0 Å². The molecule has 76 valence electrons. The molecule has 0 aromatic heterocycles. The number of halogens is 1. The average molecular weight is 193 g/mol. The Morgan fingerprint density at radius 2 is 1.86 bits per heavy atom. The molecule has 1 saturated carbocycles. The molecule has 1 fully saturated rings. The minimum Gasteiger partial charge on any atom is -0.313 e. The fraction of sp³-hybridized carbons (Fsp3) is 0.500. The molecule has 1 nitrogen and oxygen atoms in total. The van der Waals surface area contributed by atoms with Gasteiger partial charge in [0.1, 0.15) is 5.82 Å². The van der Waals surface area contributed by atoms with E-state index in [1.54, 1.807) is 0 Å². The zero-order valence-corrected chi connectivity index (χ0v) is 8.68. The Labute approximate surface area is 84.3 Å². The molecular formula is C12H16FN. The summed E-state index contributed by atoms with van der Waals surface area (Å²) in [7, 11) is 1.97. The van der Waals surface area contributed by atoms with E-state index in [1.165, 1.54) is 30.5 Å². The minimum absolute atomic E-state index is 0.162. The van der Waals surface area contributed by atoms with Gasteiger partial charge >= 0.3 is 0 Å². The molecule has 0 amide bonds. The third-order valence-corrected chi connectivity index (χ3v) is 3.23. The van der Waals surface area contributed by atoms with Crippen molar-refractivity contribution in [2.24, 2.45) is 5.41 Å². The van der Waals surface area contributed by atoms with Gasteiger partial charge in [-0.3, -0.25) is 0 Å². The number of rotatable bonds is 3. The predicted molar refractivity (Wildman–Crippen MR) is 55.5 cm³/mol. The molecule has 14 heavy (non-hydrogen) atoms. The quantitative estimate of drug-likeness (QED) is 0.778. The van der Waals surface area contributed by atoms with E-state index in [-0.39, 0.29) is 5.82 Å². The summed E-state index contributed by atoms with van der Waals surface area (Å²) in [5, 5.41) is 3.32. The molecule has 1 aliphatic carbocycles. The van der Waals surface area contributed by atoms with Gasteiger partial charge in [-0.15, -0.1) is 0 Å². The first-order valence-electron chi connectivity index (χ1n) is 5.08. The van der Waals surface area contributed by atoms with Crippen LogP contribution in [0.4, 0.5) is 4.39 Å². The van der Waals surface area contributed by atoms with Crippen LogP contribution in [0.25, 0.3) is 0 Å². The van der Waals surface area contributed by atoms with Crippen molar-refractivity contribution in [2.45, 2.75) is 25.8 Å². The second-order valence-corrected chi connectivity index (χ2v) is 4.43. The molecule has 2 rings (SSSR count). The molecule has 1 aliphatic rings. The fourth-order valence-corrected chi connectivity index (χ4v) is 2.06. The topological polar surface area (TPSA) is 12.0 Å². The van der Waals surface area contributed by atoms with Crippen molar-refractivity contribution in [2.75, 3.05) is 7.05 Å². The van der Waals surface area contributed by atoms with E-state index >= 15 is 0 Å². The molecule has 0 heterocycles. The molecule has 0 bridgehead atoms. The predicted octanol–water partition coefficient (Wildman–Crippen LogP) is 2.89. The van der Waals surface area contributed by atoms with Crippen LogP contribution < -0.4 is 5.32 Å². The van der Waals surface area contributed by atoms with Crippen LogP contribution in [0, 0.1) is 11.2 Å². The van der Waals surface area contributed by atoms with Crippen molar-refractivity contribution in [3.8, 4) is 0 Å². The zero-order valence-electron chi connectivity index (χ0n) is 8.68. The normalized spacial score (nSPS) is 20.5. The van der Waals surface area contributed by atoms with Crippen molar-refractivity contribution in [3.63, 3.8) is 0 Å². The van der Waals surface area contributed by atoms with E-state index in [0.29, 0.717) is 11.5 Å². The summed E-state index contributed by atoms with van der Waals surface area (Å²) in [4.78, 5) is 0. The van der Waals surface area contributed by atoms with Crippen molar-refractivity contribution >= 4 is 0 Å². The Morgan fingerprint density at radius 3 is 2.29 bits per heavy atom. The lowest BCUT2D eigenvalue weighted by Crippen LogP contribution is -2.24. The van der Waals surface area contributed by atoms with Gasteiger partial charge in [0, 0.05) is 6.04 Å². The van der Waals surface area contributed by atoms with E-state index in [4.69, 9.17) is 0 Å². The minimum atomic E-state index is -0.162. The van der Waals surface area contributed by atoms with E-state index in [0.717, 1.165) is 0 Å². The largest absolute Gasteiger partial charge is 0.313 e. The van der Waals surface area contributed by atoms with Crippen molar-refractivity contribution in [3.05, 3.63) is 35.6 Å². The van der Waals surface area contributed by atoms with Crippen LogP contribution in [0.2, 0.25) is 0 Å². The first kappa shape index (κ1) is 9.66. The Morgan fingerprint density at radius 1 is 1.29 bits per heavy atom. The fourth-order valence-electron chi connectivity index (χ4n) is 2.06. The Bertz CT molecular complexity index is 314. The molecule has 1 unspecified atom stereocenters. The average Bonchev–Trinajstić information content (AvgIpc) is 2.89. The maximum atomic E-state index is 12.7. The first-order chi connectivity index (χ1) is 6.65. The van der Waals surface area contributed by atoms with Gasteiger partial charge < -0.3 is 5.32 Å². The monoisotopic (exact) mass is 193 g/mol. The van der Waals surface area contributed by atoms with Crippen LogP contribution in [0.15, 0.2) is 24.3 Å². The zero-order chi connectivity index (χ0) is 10.2. The lowest BCUT2D eigenvalue weighted by atomic mass is 9.92. The third-order valence-electron chi connectivity index (χ3n) is 3.23. The van der Waals surface area contributed by atoms with Gasteiger partial charge in [0.05, 0.1) is 0 Å². The van der Waals surface area contributed by atoms with Gasteiger partial charge in [0.2, 0.25) is 0 Å². The van der Waals surface area contributed by atoms with Crippen LogP contribution in [-0.4, -0.2) is 7.05 Å². The summed E-state index contributed by atoms with van der Waals surface area (Å²) in [6.45, 7) is 2.28. The maximum Gasteiger partial charge on any atom is 0.123 e. The molecule has 0 saturated heterocycles. The highest BCUT2D eigenvalue weighted by atomic mass is 19.1. The highest BCUT2D eigenvalue weighted by molar-refractivity contribution is 5.24. The molecule has 0 spiro atoms. The molecule has 0 aliphatic heterocycles. The van der Waals surface area contributed by atoms with Crippen LogP contribution >= 0.6 is 0 Å². The van der Waals surface area contributed by atoms with Crippen molar-refractivity contribution in [1.29, 1.82) is 0 Å². The third kappa shape index (κ3) is 1.67. The van der Waals surface area contributed by atoms with Crippen LogP contribution in [-0.2, 0) is 0 Å². The summed E-state index contributed by atoms with van der Waals surface area (Å²) in [6.07, 6.45) is 2.52. The number of hydrogen-bond acceptors (Lipinski definition) is 1. The lowest BCUT2D eigenvalue weighted by molar-refractivity contribution is 0.390. The second kappa shape index (κ2) is 3.35. The molecule has 1 aromatic rings. The highest BCUT2D eigenvalue weighted by Crippen LogP contribution is 2.54. The van der Waals surface area contributed by atoms with E-state index in [1.807, 2.05) is 19.2 Å². The van der Waals surface area contributed by atoms with Gasteiger partial charge in [0.25, 0.3) is 0 Å². The highest BCUT2D eigenvalue weighted by Gasteiger charge is 2.44. The summed E-state index contributed by atoms with van der Waals surface area (Å²) < 4.78 is 12.7. The summed E-state index contributed by atoms with van der Waals surface area (Å²) in [6, 6.07) is 7.18. The Balaban J connectivity index is 2.23. The van der Waals surface area contributed by atoms with Gasteiger partial charge in [-0.25, -0.2) is 4.39 Å². The second-order valence-electron chi connectivity index (χ2n) is 4.43. The summed E-state index contributed by atoms with van der Waals surface area (Å²) in [5.74, 6) is -0.162. The van der Waals surface area contributed by atoms with Gasteiger partial charge in [0.15, 0.2) is 0 Å². The molecule has 1 aromatic carbocycles. The van der Waals surface area contributed by atoms with E-state index in [9.17, 15) is 4.39 Å². The van der Waals surface area contributed by atoms with Crippen molar-refractivity contribution < 1.29 is 4.39 Å². The summed E-state index contributed by atoms with van der Waals surface area (Å²) >= 11 is 0.